The molecule has 1 unspecified atom stereocenters. The van der Waals surface area contributed by atoms with Gasteiger partial charge < -0.3 is 14.6 Å². The third kappa shape index (κ3) is 2.65. The highest BCUT2D eigenvalue weighted by Crippen LogP contribution is 2.35. The van der Waals surface area contributed by atoms with Crippen molar-refractivity contribution in [2.75, 3.05) is 19.0 Å². The summed E-state index contributed by atoms with van der Waals surface area (Å²) in [5.74, 6) is 1.14. The topological polar surface area (TPSA) is 60.2 Å². The van der Waals surface area contributed by atoms with Gasteiger partial charge in [-0.1, -0.05) is 25.9 Å². The minimum absolute atomic E-state index is 0.0856. The first kappa shape index (κ1) is 14.1. The van der Waals surface area contributed by atoms with Gasteiger partial charge in [0.2, 0.25) is 5.82 Å². The van der Waals surface area contributed by atoms with Crippen molar-refractivity contribution in [3.63, 3.8) is 0 Å². The van der Waals surface area contributed by atoms with E-state index in [9.17, 15) is 0 Å². The molecule has 0 aliphatic carbocycles. The van der Waals surface area contributed by atoms with Crippen LogP contribution in [0.5, 0.6) is 0 Å². The molecule has 21 heavy (non-hydrogen) atoms. The van der Waals surface area contributed by atoms with Crippen LogP contribution in [-0.2, 0) is 11.2 Å². The van der Waals surface area contributed by atoms with Crippen LogP contribution in [0, 0.1) is 5.41 Å². The summed E-state index contributed by atoms with van der Waals surface area (Å²) in [6, 6.07) is 6.19. The van der Waals surface area contributed by atoms with Gasteiger partial charge in [0.05, 0.1) is 0 Å². The monoisotopic (exact) mass is 287 g/mol. The maximum Gasteiger partial charge on any atom is 0.258 e. The second-order valence-corrected chi connectivity index (χ2v) is 6.49. The Morgan fingerprint density at radius 3 is 2.86 bits per heavy atom. The van der Waals surface area contributed by atoms with Gasteiger partial charge in [-0.2, -0.15) is 4.98 Å². The lowest BCUT2D eigenvalue weighted by Crippen LogP contribution is -2.21. The Morgan fingerprint density at radius 1 is 1.33 bits per heavy atom. The number of aromatic nitrogens is 2. The number of anilines is 1. The number of nitrogens with one attached hydrogen (secondary N) is 1. The largest absolute Gasteiger partial charge is 0.384 e. The molecule has 0 fully saturated rings. The number of benzene rings is 1. The standard InChI is InChI=1S/C16H21N3O2/c1-16(2,3)13(20-4)14-18-15(21-19-14)11-5-6-12-10(9-11)7-8-17-12/h5-6,9,13,17H,7-8H2,1-4H3. The summed E-state index contributed by atoms with van der Waals surface area (Å²) < 4.78 is 11.0. The van der Waals surface area contributed by atoms with Gasteiger partial charge in [0.1, 0.15) is 6.10 Å². The second-order valence-electron chi connectivity index (χ2n) is 6.49. The number of ether oxygens (including phenoxy) is 1. The molecule has 2 heterocycles. The summed E-state index contributed by atoms with van der Waals surface area (Å²) in [5, 5.41) is 7.44. The van der Waals surface area contributed by atoms with Crippen LogP contribution in [0.3, 0.4) is 0 Å². The van der Waals surface area contributed by atoms with Crippen LogP contribution in [0.2, 0.25) is 0 Å². The molecule has 0 radical (unpaired) electrons. The predicted molar refractivity (Wildman–Crippen MR) is 81.1 cm³/mol. The highest BCUT2D eigenvalue weighted by atomic mass is 16.5. The van der Waals surface area contributed by atoms with E-state index in [1.807, 2.05) is 6.07 Å². The fourth-order valence-corrected chi connectivity index (χ4v) is 2.74. The molecule has 5 heteroatoms. The summed E-state index contributed by atoms with van der Waals surface area (Å²) in [5.41, 5.74) is 3.37. The summed E-state index contributed by atoms with van der Waals surface area (Å²) in [4.78, 5) is 4.52. The molecule has 1 N–H and O–H groups in total. The molecule has 0 amide bonds. The van der Waals surface area contributed by atoms with Crippen molar-refractivity contribution in [2.24, 2.45) is 5.41 Å². The number of hydrogen-bond donors (Lipinski definition) is 1. The Kier molecular flexibility index (Phi) is 3.45. The van der Waals surface area contributed by atoms with Gasteiger partial charge in [0, 0.05) is 24.9 Å². The molecule has 5 nitrogen and oxygen atoms in total. The minimum Gasteiger partial charge on any atom is -0.384 e. The highest BCUT2D eigenvalue weighted by molar-refractivity contribution is 5.64. The van der Waals surface area contributed by atoms with E-state index in [0.717, 1.165) is 18.5 Å². The van der Waals surface area contributed by atoms with Gasteiger partial charge in [0.15, 0.2) is 0 Å². The molecular weight excluding hydrogens is 266 g/mol. The summed E-state index contributed by atoms with van der Waals surface area (Å²) >= 11 is 0. The Hall–Kier alpha value is -1.88. The first-order chi connectivity index (χ1) is 9.99. The van der Waals surface area contributed by atoms with Gasteiger partial charge in [-0.3, -0.25) is 0 Å². The molecule has 0 saturated heterocycles. The quantitative estimate of drug-likeness (QED) is 0.937. The lowest BCUT2D eigenvalue weighted by Gasteiger charge is -2.26. The highest BCUT2D eigenvalue weighted by Gasteiger charge is 2.30. The van der Waals surface area contributed by atoms with Crippen molar-refractivity contribution < 1.29 is 9.26 Å². The van der Waals surface area contributed by atoms with Gasteiger partial charge >= 0.3 is 0 Å². The van der Waals surface area contributed by atoms with Crippen molar-refractivity contribution in [2.45, 2.75) is 33.3 Å². The maximum atomic E-state index is 5.53. The first-order valence-corrected chi connectivity index (χ1v) is 7.22. The molecule has 3 rings (SSSR count). The van der Waals surface area contributed by atoms with Gasteiger partial charge in [0.25, 0.3) is 5.89 Å². The summed E-state index contributed by atoms with van der Waals surface area (Å²) in [6.07, 6.45) is 0.846. The number of methoxy groups -OCH3 is 1. The number of fused-ring (bicyclic) bond motifs is 1. The second kappa shape index (κ2) is 5.15. The van der Waals surface area contributed by atoms with Crippen LogP contribution in [0.15, 0.2) is 22.7 Å². The van der Waals surface area contributed by atoms with E-state index in [2.05, 4.69) is 48.4 Å². The van der Waals surface area contributed by atoms with Crippen molar-refractivity contribution >= 4 is 5.69 Å². The van der Waals surface area contributed by atoms with E-state index in [1.165, 1.54) is 11.3 Å². The Bertz CT molecular complexity index is 643. The van der Waals surface area contributed by atoms with E-state index in [0.29, 0.717) is 11.7 Å². The van der Waals surface area contributed by atoms with Gasteiger partial charge in [-0.25, -0.2) is 0 Å². The molecule has 0 bridgehead atoms. The van der Waals surface area contributed by atoms with Gasteiger partial charge in [-0.15, -0.1) is 0 Å². The molecule has 0 saturated carbocycles. The number of rotatable bonds is 3. The SMILES string of the molecule is COC(c1noc(-c2ccc3c(c2)CCN3)n1)C(C)(C)C. The zero-order valence-corrected chi connectivity index (χ0v) is 12.9. The fourth-order valence-electron chi connectivity index (χ4n) is 2.74. The minimum atomic E-state index is -0.189. The van der Waals surface area contributed by atoms with E-state index in [-0.39, 0.29) is 11.5 Å². The van der Waals surface area contributed by atoms with Crippen molar-refractivity contribution in [1.82, 2.24) is 10.1 Å². The van der Waals surface area contributed by atoms with Crippen LogP contribution < -0.4 is 5.32 Å². The first-order valence-electron chi connectivity index (χ1n) is 7.22. The average molecular weight is 287 g/mol. The molecular formula is C16H21N3O2. The molecule has 112 valence electrons. The summed E-state index contributed by atoms with van der Waals surface area (Å²) in [6.45, 7) is 7.28. The lowest BCUT2D eigenvalue weighted by atomic mass is 9.88. The summed E-state index contributed by atoms with van der Waals surface area (Å²) in [7, 11) is 1.67. The fraction of sp³-hybridized carbons (Fsp3) is 0.500. The third-order valence-electron chi connectivity index (χ3n) is 3.76. The van der Waals surface area contributed by atoms with Crippen LogP contribution in [0.25, 0.3) is 11.5 Å². The molecule has 1 aromatic heterocycles. The molecule has 2 aromatic rings. The van der Waals surface area contributed by atoms with E-state index < -0.39 is 0 Å². The van der Waals surface area contributed by atoms with Crippen molar-refractivity contribution in [3.05, 3.63) is 29.6 Å². The van der Waals surface area contributed by atoms with Crippen molar-refractivity contribution in [1.29, 1.82) is 0 Å². The number of nitrogens with zero attached hydrogens (tertiary/aromatic N) is 2. The van der Waals surface area contributed by atoms with E-state index in [1.54, 1.807) is 7.11 Å². The van der Waals surface area contributed by atoms with Gasteiger partial charge in [-0.05, 0) is 35.6 Å². The molecule has 0 spiro atoms. The average Bonchev–Trinajstić information content (AvgIpc) is 3.05. The van der Waals surface area contributed by atoms with Crippen LogP contribution in [0.1, 0.15) is 38.3 Å². The van der Waals surface area contributed by atoms with Crippen LogP contribution in [-0.4, -0.2) is 23.8 Å². The van der Waals surface area contributed by atoms with E-state index in [4.69, 9.17) is 9.26 Å². The third-order valence-corrected chi connectivity index (χ3v) is 3.76. The van der Waals surface area contributed by atoms with Crippen LogP contribution >= 0.6 is 0 Å². The van der Waals surface area contributed by atoms with Crippen molar-refractivity contribution in [3.8, 4) is 11.5 Å². The molecule has 1 aliphatic heterocycles. The molecule has 1 aromatic carbocycles. The maximum absolute atomic E-state index is 5.53. The Labute approximate surface area is 124 Å². The van der Waals surface area contributed by atoms with E-state index >= 15 is 0 Å². The molecule has 1 aliphatic rings. The normalized spacial score (nSPS) is 15.6. The number of hydrogen-bond acceptors (Lipinski definition) is 5. The van der Waals surface area contributed by atoms with Crippen LogP contribution in [0.4, 0.5) is 5.69 Å². The Morgan fingerprint density at radius 2 is 2.14 bits per heavy atom. The Balaban J connectivity index is 1.91. The predicted octanol–water partition coefficient (Wildman–Crippen LogP) is 3.44. The zero-order chi connectivity index (χ0) is 15.0. The lowest BCUT2D eigenvalue weighted by molar-refractivity contribution is 0.00718. The zero-order valence-electron chi connectivity index (χ0n) is 12.9. The smallest absolute Gasteiger partial charge is 0.258 e. The molecule has 1 atom stereocenters.